The molecule has 0 aliphatic carbocycles. The molecule has 2 heterocycles. The number of fused-ring (bicyclic) bond motifs is 2. The minimum atomic E-state index is -2.62. The van der Waals surface area contributed by atoms with Crippen LogP contribution >= 0.6 is 0 Å². The summed E-state index contributed by atoms with van der Waals surface area (Å²) in [6, 6.07) is 0.403. The molecule has 2 aliphatic heterocycles. The van der Waals surface area contributed by atoms with Gasteiger partial charge in [0, 0.05) is 6.42 Å². The molecule has 0 aromatic heterocycles. The summed E-state index contributed by atoms with van der Waals surface area (Å²) in [5.41, 5.74) is 0. The molecule has 0 saturated carbocycles. The molecule has 2 bridgehead atoms. The Bertz CT molecular complexity index is 221. The molecule has 0 aromatic carbocycles. The van der Waals surface area contributed by atoms with Crippen LogP contribution in [0.4, 0.5) is 0 Å². The van der Waals surface area contributed by atoms with Crippen LogP contribution in [0.1, 0.15) is 6.42 Å². The van der Waals surface area contributed by atoms with Gasteiger partial charge in [-0.1, -0.05) is 0 Å². The Balaban J connectivity index is 2.39. The lowest BCUT2D eigenvalue weighted by Gasteiger charge is -2.07. The Kier molecular flexibility index (Phi) is 0.941. The van der Waals surface area contributed by atoms with Crippen molar-refractivity contribution in [2.75, 3.05) is 12.3 Å². The van der Waals surface area contributed by atoms with E-state index in [1.165, 1.54) is 0 Å². The summed E-state index contributed by atoms with van der Waals surface area (Å²) in [5, 5.41) is 2.15. The number of nitrogens with two attached hydrogens (primary N) is 1. The van der Waals surface area contributed by atoms with Crippen molar-refractivity contribution in [3.8, 4) is 0 Å². The second-order valence-electron chi connectivity index (χ2n) is 2.92. The Labute approximate surface area is 54.4 Å². The molecule has 52 valence electrons. The fourth-order valence-corrected chi connectivity index (χ4v) is 3.82. The smallest absolute Gasteiger partial charge is 0.164 e. The van der Waals surface area contributed by atoms with Crippen molar-refractivity contribution in [3.63, 3.8) is 0 Å². The summed E-state index contributed by atoms with van der Waals surface area (Å²) in [4.78, 5) is 0. The van der Waals surface area contributed by atoms with Gasteiger partial charge < -0.3 is 5.32 Å². The van der Waals surface area contributed by atoms with E-state index in [1.807, 2.05) is 0 Å². The molecule has 2 N–H and O–H groups in total. The van der Waals surface area contributed by atoms with E-state index in [0.717, 1.165) is 13.0 Å². The van der Waals surface area contributed by atoms with E-state index in [0.29, 0.717) is 11.8 Å². The van der Waals surface area contributed by atoms with Gasteiger partial charge in [-0.25, -0.2) is 8.42 Å². The molecule has 2 saturated heterocycles. The number of rotatable bonds is 0. The van der Waals surface area contributed by atoms with Gasteiger partial charge in [0.15, 0.2) is 9.84 Å². The number of hydrogen-bond acceptors (Lipinski definition) is 2. The van der Waals surface area contributed by atoms with Crippen LogP contribution < -0.4 is 5.32 Å². The SMILES string of the molecule is O=S1(=O)C[C@@H]2C[C@H]1C[NH2+]2. The predicted molar refractivity (Wildman–Crippen MR) is 32.8 cm³/mol. The van der Waals surface area contributed by atoms with Crippen molar-refractivity contribution in [2.45, 2.75) is 17.7 Å². The van der Waals surface area contributed by atoms with E-state index in [4.69, 9.17) is 0 Å². The van der Waals surface area contributed by atoms with Gasteiger partial charge in [-0.15, -0.1) is 0 Å². The van der Waals surface area contributed by atoms with E-state index >= 15 is 0 Å². The largest absolute Gasteiger partial charge is 0.342 e. The molecule has 0 amide bonds. The van der Waals surface area contributed by atoms with Crippen LogP contribution in [0.25, 0.3) is 0 Å². The van der Waals surface area contributed by atoms with Crippen LogP contribution in [0.15, 0.2) is 0 Å². The maximum Gasteiger partial charge on any atom is 0.164 e. The highest BCUT2D eigenvalue weighted by Gasteiger charge is 2.46. The first kappa shape index (κ1) is 5.68. The molecule has 2 aliphatic rings. The molecule has 9 heavy (non-hydrogen) atoms. The van der Waals surface area contributed by atoms with Gasteiger partial charge in [0.1, 0.15) is 17.0 Å². The third-order valence-electron chi connectivity index (χ3n) is 2.25. The zero-order valence-electron chi connectivity index (χ0n) is 5.08. The second-order valence-corrected chi connectivity index (χ2v) is 5.24. The molecular formula is C5H10NO2S+. The molecule has 2 fully saturated rings. The average Bonchev–Trinajstić information content (AvgIpc) is 2.19. The molecule has 2 rings (SSSR count). The van der Waals surface area contributed by atoms with Gasteiger partial charge in [0.2, 0.25) is 0 Å². The van der Waals surface area contributed by atoms with E-state index in [9.17, 15) is 8.42 Å². The van der Waals surface area contributed by atoms with Crippen LogP contribution in [0.3, 0.4) is 0 Å². The van der Waals surface area contributed by atoms with E-state index in [-0.39, 0.29) is 5.25 Å². The van der Waals surface area contributed by atoms with Gasteiger partial charge in [0.25, 0.3) is 0 Å². The van der Waals surface area contributed by atoms with Gasteiger partial charge >= 0.3 is 0 Å². The third-order valence-corrected chi connectivity index (χ3v) is 4.55. The van der Waals surface area contributed by atoms with Crippen LogP contribution in [0.5, 0.6) is 0 Å². The number of sulfone groups is 1. The third kappa shape index (κ3) is 0.697. The predicted octanol–water partition coefficient (Wildman–Crippen LogP) is -1.88. The minimum Gasteiger partial charge on any atom is -0.342 e. The molecule has 0 aromatic rings. The van der Waals surface area contributed by atoms with Crippen molar-refractivity contribution in [1.82, 2.24) is 0 Å². The molecule has 0 unspecified atom stereocenters. The van der Waals surface area contributed by atoms with Crippen molar-refractivity contribution >= 4 is 9.84 Å². The van der Waals surface area contributed by atoms with Crippen LogP contribution in [0, 0.1) is 0 Å². The summed E-state index contributed by atoms with van der Waals surface area (Å²) in [6.07, 6.45) is 0.905. The van der Waals surface area contributed by atoms with Crippen LogP contribution in [0.2, 0.25) is 0 Å². The van der Waals surface area contributed by atoms with Crippen molar-refractivity contribution in [2.24, 2.45) is 0 Å². The van der Waals surface area contributed by atoms with Crippen LogP contribution in [-0.4, -0.2) is 32.0 Å². The highest BCUT2D eigenvalue weighted by atomic mass is 32.2. The lowest BCUT2D eigenvalue weighted by molar-refractivity contribution is -0.666. The maximum atomic E-state index is 11.0. The Morgan fingerprint density at radius 1 is 1.44 bits per heavy atom. The second kappa shape index (κ2) is 1.49. The summed E-state index contributed by atoms with van der Waals surface area (Å²) < 4.78 is 22.0. The van der Waals surface area contributed by atoms with E-state index < -0.39 is 9.84 Å². The first-order valence-corrected chi connectivity index (χ1v) is 4.95. The topological polar surface area (TPSA) is 50.8 Å². The quantitative estimate of drug-likeness (QED) is 0.437. The maximum absolute atomic E-state index is 11.0. The lowest BCUT2D eigenvalue weighted by Crippen LogP contribution is -2.90. The van der Waals surface area contributed by atoms with E-state index in [2.05, 4.69) is 5.32 Å². The summed E-state index contributed by atoms with van der Waals surface area (Å²) in [7, 11) is -2.62. The highest BCUT2D eigenvalue weighted by Crippen LogP contribution is 2.20. The monoisotopic (exact) mass is 148 g/mol. The summed E-state index contributed by atoms with van der Waals surface area (Å²) in [6.45, 7) is 0.812. The molecular weight excluding hydrogens is 138 g/mol. The fourth-order valence-electron chi connectivity index (χ4n) is 1.74. The van der Waals surface area contributed by atoms with Crippen molar-refractivity contribution < 1.29 is 13.7 Å². The van der Waals surface area contributed by atoms with Gasteiger partial charge in [-0.05, 0) is 0 Å². The Morgan fingerprint density at radius 2 is 2.22 bits per heavy atom. The van der Waals surface area contributed by atoms with E-state index in [1.54, 1.807) is 0 Å². The van der Waals surface area contributed by atoms with Crippen LogP contribution in [-0.2, 0) is 9.84 Å². The lowest BCUT2D eigenvalue weighted by atomic mass is 10.3. The average molecular weight is 148 g/mol. The standard InChI is InChI=1S/C5H9NO2S/c7-9(8)3-4-1-5(9)2-6-4/h4-6H,1-3H2/p+1/t4-,5-/m0/s1. The highest BCUT2D eigenvalue weighted by molar-refractivity contribution is 7.92. The normalized spacial score (nSPS) is 45.8. The molecule has 0 radical (unpaired) electrons. The Morgan fingerprint density at radius 3 is 2.44 bits per heavy atom. The fraction of sp³-hybridized carbons (Fsp3) is 1.00. The van der Waals surface area contributed by atoms with Crippen molar-refractivity contribution in [1.29, 1.82) is 0 Å². The summed E-state index contributed by atoms with van der Waals surface area (Å²) in [5.74, 6) is 0.428. The van der Waals surface area contributed by atoms with Gasteiger partial charge in [0.05, 0.1) is 6.54 Å². The minimum absolute atomic E-state index is 0.00231. The first-order valence-electron chi connectivity index (χ1n) is 3.23. The van der Waals surface area contributed by atoms with Gasteiger partial charge in [-0.3, -0.25) is 0 Å². The zero-order chi connectivity index (χ0) is 6.48. The molecule has 0 spiro atoms. The molecule has 3 nitrogen and oxygen atoms in total. The number of quaternary nitrogens is 1. The number of hydrogen-bond donors (Lipinski definition) is 1. The van der Waals surface area contributed by atoms with Crippen molar-refractivity contribution in [3.05, 3.63) is 0 Å². The summed E-state index contributed by atoms with van der Waals surface area (Å²) >= 11 is 0. The molecule has 2 atom stereocenters. The first-order chi connectivity index (χ1) is 4.18. The zero-order valence-corrected chi connectivity index (χ0v) is 5.89. The van der Waals surface area contributed by atoms with Gasteiger partial charge in [-0.2, -0.15) is 0 Å². The Hall–Kier alpha value is -0.0900. The molecule has 4 heteroatoms.